The lowest BCUT2D eigenvalue weighted by Crippen LogP contribution is -2.35. The van der Waals surface area contributed by atoms with Crippen LogP contribution in [0, 0.1) is 24.7 Å². The summed E-state index contributed by atoms with van der Waals surface area (Å²) in [5.41, 5.74) is 0. The van der Waals surface area contributed by atoms with E-state index in [2.05, 4.69) is 15.2 Å². The molecule has 3 aliphatic rings. The van der Waals surface area contributed by atoms with Crippen LogP contribution in [0.25, 0.3) is 0 Å². The number of nitrogens with one attached hydrogen (secondary N) is 1. The number of H-pyrrole nitrogens is 1. The van der Waals surface area contributed by atoms with Gasteiger partial charge in [-0.05, 0) is 50.4 Å². The number of hydrogen-bond acceptors (Lipinski definition) is 4. The fourth-order valence-corrected chi connectivity index (χ4v) is 5.81. The van der Waals surface area contributed by atoms with Gasteiger partial charge in [-0.1, -0.05) is 6.42 Å². The third-order valence-electron chi connectivity index (χ3n) is 5.57. The molecule has 1 aliphatic heterocycles. The summed E-state index contributed by atoms with van der Waals surface area (Å²) in [7, 11) is -3.13. The summed E-state index contributed by atoms with van der Waals surface area (Å²) in [4.78, 5) is 4.47. The molecule has 0 radical (unpaired) electrons. The number of hydrogen-bond donors (Lipinski definition) is 1. The second-order valence-electron chi connectivity index (χ2n) is 7.28. The van der Waals surface area contributed by atoms with Crippen LogP contribution in [-0.2, 0) is 10.0 Å². The molecular formula is C15H24N4O2S. The van der Waals surface area contributed by atoms with E-state index in [0.29, 0.717) is 36.6 Å². The molecule has 2 aliphatic carbocycles. The van der Waals surface area contributed by atoms with Gasteiger partial charge in [-0.15, -0.1) is 0 Å². The molecule has 7 heteroatoms. The predicted octanol–water partition coefficient (Wildman–Crippen LogP) is 1.67. The lowest BCUT2D eigenvalue weighted by molar-refractivity contribution is 0.338. The number of nitrogens with zero attached hydrogens (tertiary/aromatic N) is 3. The summed E-state index contributed by atoms with van der Waals surface area (Å²) in [6.45, 7) is 3.12. The Bertz CT molecular complexity index is 648. The molecule has 1 saturated heterocycles. The maximum absolute atomic E-state index is 12.7. The Morgan fingerprint density at radius 3 is 2.55 bits per heavy atom. The van der Waals surface area contributed by atoms with Gasteiger partial charge in [-0.3, -0.25) is 5.10 Å². The molecule has 0 amide bonds. The number of aromatic amines is 1. The quantitative estimate of drug-likeness (QED) is 0.893. The molecule has 4 rings (SSSR count). The highest BCUT2D eigenvalue weighted by Gasteiger charge is 2.47. The molecule has 2 saturated carbocycles. The van der Waals surface area contributed by atoms with Gasteiger partial charge >= 0.3 is 0 Å². The highest BCUT2D eigenvalue weighted by atomic mass is 32.2. The average molecular weight is 324 g/mol. The maximum atomic E-state index is 12.7. The molecule has 2 atom stereocenters. The van der Waals surface area contributed by atoms with Gasteiger partial charge in [0, 0.05) is 19.0 Å². The Kier molecular flexibility index (Phi) is 3.52. The molecule has 1 aromatic heterocycles. The molecule has 0 spiro atoms. The lowest BCUT2D eigenvalue weighted by atomic mass is 9.87. The van der Waals surface area contributed by atoms with Crippen LogP contribution < -0.4 is 0 Å². The predicted molar refractivity (Wildman–Crippen MR) is 82.8 cm³/mol. The van der Waals surface area contributed by atoms with Gasteiger partial charge in [0.05, 0.1) is 5.75 Å². The van der Waals surface area contributed by atoms with E-state index in [4.69, 9.17) is 0 Å². The second kappa shape index (κ2) is 5.30. The Labute approximate surface area is 131 Å². The lowest BCUT2D eigenvalue weighted by Gasteiger charge is -2.27. The standard InChI is InChI=1S/C15H24N4O2S/c1-10-16-15(18-17-10)14-8-19(7-13(14)12-5-6-12)22(20,21)9-11-3-2-4-11/h11-14H,2-9H2,1H3,(H,16,17,18)/t13-,14+/m0/s1. The Hall–Kier alpha value is -0.950. The third-order valence-corrected chi connectivity index (χ3v) is 7.55. The summed E-state index contributed by atoms with van der Waals surface area (Å²) < 4.78 is 27.1. The van der Waals surface area contributed by atoms with E-state index in [0.717, 1.165) is 24.5 Å². The van der Waals surface area contributed by atoms with Gasteiger partial charge < -0.3 is 0 Å². The third kappa shape index (κ3) is 2.69. The van der Waals surface area contributed by atoms with Gasteiger partial charge in [0.15, 0.2) is 5.82 Å². The zero-order chi connectivity index (χ0) is 15.3. The van der Waals surface area contributed by atoms with Crippen molar-refractivity contribution in [2.24, 2.45) is 17.8 Å². The molecule has 22 heavy (non-hydrogen) atoms. The van der Waals surface area contributed by atoms with Crippen LogP contribution in [0.1, 0.15) is 49.7 Å². The van der Waals surface area contributed by atoms with Crippen LogP contribution in [0.5, 0.6) is 0 Å². The summed E-state index contributed by atoms with van der Waals surface area (Å²) in [5, 5.41) is 7.21. The van der Waals surface area contributed by atoms with E-state index in [1.54, 1.807) is 4.31 Å². The van der Waals surface area contributed by atoms with Crippen molar-refractivity contribution in [2.75, 3.05) is 18.8 Å². The molecule has 0 unspecified atom stereocenters. The maximum Gasteiger partial charge on any atom is 0.214 e. The minimum absolute atomic E-state index is 0.161. The van der Waals surface area contributed by atoms with E-state index in [1.807, 2.05) is 6.92 Å². The SMILES string of the molecule is Cc1nc([C@@H]2CN(S(=O)(=O)CC3CCC3)C[C@H]2C2CC2)n[nH]1. The largest absolute Gasteiger partial charge is 0.263 e. The van der Waals surface area contributed by atoms with Crippen molar-refractivity contribution in [1.82, 2.24) is 19.5 Å². The average Bonchev–Trinajstić information content (AvgIpc) is 3.01. The Morgan fingerprint density at radius 2 is 2.00 bits per heavy atom. The Balaban J connectivity index is 1.53. The fraction of sp³-hybridized carbons (Fsp3) is 0.867. The summed E-state index contributed by atoms with van der Waals surface area (Å²) in [5.74, 6) is 3.54. The van der Waals surface area contributed by atoms with Crippen LogP contribution in [0.2, 0.25) is 0 Å². The first-order valence-electron chi connectivity index (χ1n) is 8.39. The fourth-order valence-electron chi connectivity index (χ4n) is 3.88. The Morgan fingerprint density at radius 1 is 1.23 bits per heavy atom. The first kappa shape index (κ1) is 14.6. The van der Waals surface area contributed by atoms with E-state index in [1.165, 1.54) is 19.3 Å². The molecule has 0 bridgehead atoms. The number of aryl methyl sites for hydroxylation is 1. The zero-order valence-corrected chi connectivity index (χ0v) is 13.8. The van der Waals surface area contributed by atoms with Crippen molar-refractivity contribution in [3.63, 3.8) is 0 Å². The van der Waals surface area contributed by atoms with Crippen molar-refractivity contribution in [2.45, 2.75) is 44.9 Å². The highest BCUT2D eigenvalue weighted by Crippen LogP contribution is 2.47. The van der Waals surface area contributed by atoms with Crippen LogP contribution in [0.4, 0.5) is 0 Å². The molecule has 1 N–H and O–H groups in total. The normalized spacial score (nSPS) is 30.6. The van der Waals surface area contributed by atoms with Crippen molar-refractivity contribution >= 4 is 10.0 Å². The minimum atomic E-state index is -3.13. The van der Waals surface area contributed by atoms with E-state index >= 15 is 0 Å². The van der Waals surface area contributed by atoms with E-state index < -0.39 is 10.0 Å². The van der Waals surface area contributed by atoms with Gasteiger partial charge in [-0.25, -0.2) is 17.7 Å². The minimum Gasteiger partial charge on any atom is -0.263 e. The van der Waals surface area contributed by atoms with Gasteiger partial charge in [0.25, 0.3) is 0 Å². The van der Waals surface area contributed by atoms with Crippen molar-refractivity contribution in [1.29, 1.82) is 0 Å². The smallest absolute Gasteiger partial charge is 0.214 e. The highest BCUT2D eigenvalue weighted by molar-refractivity contribution is 7.89. The summed E-state index contributed by atoms with van der Waals surface area (Å²) in [6, 6.07) is 0. The molecule has 122 valence electrons. The monoisotopic (exact) mass is 324 g/mol. The molecule has 0 aromatic carbocycles. The van der Waals surface area contributed by atoms with E-state index in [-0.39, 0.29) is 5.92 Å². The summed E-state index contributed by atoms with van der Waals surface area (Å²) >= 11 is 0. The van der Waals surface area contributed by atoms with Gasteiger partial charge in [0.1, 0.15) is 5.82 Å². The van der Waals surface area contributed by atoms with Crippen LogP contribution >= 0.6 is 0 Å². The second-order valence-corrected chi connectivity index (χ2v) is 9.29. The molecule has 2 heterocycles. The molecule has 3 fully saturated rings. The van der Waals surface area contributed by atoms with Crippen LogP contribution in [0.15, 0.2) is 0 Å². The molecular weight excluding hydrogens is 300 g/mol. The zero-order valence-electron chi connectivity index (χ0n) is 13.0. The molecule has 6 nitrogen and oxygen atoms in total. The van der Waals surface area contributed by atoms with Gasteiger partial charge in [0.2, 0.25) is 10.0 Å². The van der Waals surface area contributed by atoms with Crippen molar-refractivity contribution in [3.05, 3.63) is 11.6 Å². The number of rotatable bonds is 5. The van der Waals surface area contributed by atoms with E-state index in [9.17, 15) is 8.42 Å². The van der Waals surface area contributed by atoms with Crippen LogP contribution in [0.3, 0.4) is 0 Å². The van der Waals surface area contributed by atoms with Crippen molar-refractivity contribution in [3.8, 4) is 0 Å². The number of aromatic nitrogens is 3. The van der Waals surface area contributed by atoms with Crippen molar-refractivity contribution < 1.29 is 8.42 Å². The van der Waals surface area contributed by atoms with Crippen LogP contribution in [-0.4, -0.2) is 46.7 Å². The number of sulfonamides is 1. The first-order chi connectivity index (χ1) is 10.5. The first-order valence-corrected chi connectivity index (χ1v) is 10.0. The summed E-state index contributed by atoms with van der Waals surface area (Å²) in [6.07, 6.45) is 5.78. The van der Waals surface area contributed by atoms with Gasteiger partial charge in [-0.2, -0.15) is 5.10 Å². The molecule has 1 aromatic rings. The topological polar surface area (TPSA) is 79.0 Å².